The Morgan fingerprint density at radius 2 is 2.00 bits per heavy atom. The van der Waals surface area contributed by atoms with Crippen LogP contribution in [-0.2, 0) is 6.54 Å². The van der Waals surface area contributed by atoms with Crippen molar-refractivity contribution in [1.29, 1.82) is 0 Å². The number of fused-ring (bicyclic) bond motifs is 7. The lowest BCUT2D eigenvalue weighted by Crippen LogP contribution is -2.29. The van der Waals surface area contributed by atoms with Gasteiger partial charge in [0, 0.05) is 11.8 Å². The van der Waals surface area contributed by atoms with Crippen molar-refractivity contribution in [3.63, 3.8) is 0 Å². The Kier molecular flexibility index (Phi) is 1.80. The molecule has 0 atom stereocenters. The Balaban J connectivity index is 1.93. The van der Waals surface area contributed by atoms with Crippen molar-refractivity contribution >= 4 is 42.4 Å². The summed E-state index contributed by atoms with van der Waals surface area (Å²) in [5.41, 5.74) is 3.98. The maximum atomic E-state index is 4.55. The minimum atomic E-state index is 0.998. The summed E-state index contributed by atoms with van der Waals surface area (Å²) in [6.07, 6.45) is 1.89. The third-order valence-corrected chi connectivity index (χ3v) is 6.17. The molecule has 0 saturated carbocycles. The van der Waals surface area contributed by atoms with Gasteiger partial charge in [0.2, 0.25) is 0 Å². The predicted molar refractivity (Wildman–Crippen MR) is 79.7 cm³/mol. The van der Waals surface area contributed by atoms with Gasteiger partial charge in [0.1, 0.15) is 10.2 Å². The molecular formula is C15H9N2S2+. The third kappa shape index (κ3) is 1.20. The molecule has 1 aliphatic heterocycles. The van der Waals surface area contributed by atoms with Crippen LogP contribution in [0.2, 0.25) is 0 Å². The van der Waals surface area contributed by atoms with E-state index in [1.165, 1.54) is 30.4 Å². The highest BCUT2D eigenvalue weighted by atomic mass is 32.1. The Labute approximate surface area is 117 Å². The first kappa shape index (κ1) is 10.1. The number of benzene rings is 1. The average molecular weight is 281 g/mol. The number of pyridine rings is 1. The molecule has 0 bridgehead atoms. The number of rotatable bonds is 0. The van der Waals surface area contributed by atoms with Crippen LogP contribution in [0.3, 0.4) is 0 Å². The van der Waals surface area contributed by atoms with E-state index in [2.05, 4.69) is 39.9 Å². The van der Waals surface area contributed by atoms with Gasteiger partial charge in [-0.15, -0.1) is 0 Å². The molecule has 4 aromatic rings. The second kappa shape index (κ2) is 3.40. The Hall–Kier alpha value is -1.78. The molecule has 0 unspecified atom stereocenters. The van der Waals surface area contributed by atoms with E-state index >= 15 is 0 Å². The lowest BCUT2D eigenvalue weighted by atomic mass is 10.1. The molecule has 0 spiro atoms. The van der Waals surface area contributed by atoms with E-state index in [4.69, 9.17) is 0 Å². The molecule has 5 rings (SSSR count). The van der Waals surface area contributed by atoms with Crippen LogP contribution in [-0.4, -0.2) is 4.98 Å². The molecule has 0 aliphatic carbocycles. The summed E-state index contributed by atoms with van der Waals surface area (Å²) in [5, 5.41) is 1.38. The van der Waals surface area contributed by atoms with E-state index < -0.39 is 0 Å². The van der Waals surface area contributed by atoms with Crippen LogP contribution in [0.1, 0.15) is 5.56 Å². The fraction of sp³-hybridized carbons (Fsp3) is 0.0667. The molecule has 0 saturated heterocycles. The van der Waals surface area contributed by atoms with E-state index in [1.54, 1.807) is 0 Å². The maximum absolute atomic E-state index is 4.55. The molecule has 19 heavy (non-hydrogen) atoms. The molecule has 4 heteroatoms. The molecular weight excluding hydrogens is 272 g/mol. The summed E-state index contributed by atoms with van der Waals surface area (Å²) < 4.78 is 5.07. The lowest BCUT2D eigenvalue weighted by molar-refractivity contribution is -0.639. The quantitative estimate of drug-likeness (QED) is 0.394. The number of hydrogen-bond donors (Lipinski definition) is 0. The van der Waals surface area contributed by atoms with Crippen molar-refractivity contribution in [2.45, 2.75) is 6.54 Å². The van der Waals surface area contributed by atoms with Gasteiger partial charge in [0.25, 0.3) is 9.84 Å². The van der Waals surface area contributed by atoms with Gasteiger partial charge in [-0.25, -0.2) is 0 Å². The van der Waals surface area contributed by atoms with Crippen LogP contribution in [0.4, 0.5) is 0 Å². The van der Waals surface area contributed by atoms with Crippen LogP contribution < -0.4 is 4.57 Å². The topological polar surface area (TPSA) is 16.8 Å². The Bertz CT molecular complexity index is 949. The van der Waals surface area contributed by atoms with Crippen molar-refractivity contribution in [2.75, 3.05) is 0 Å². The summed E-state index contributed by atoms with van der Waals surface area (Å²) in [5.74, 6) is 0. The maximum Gasteiger partial charge on any atom is 0.283 e. The van der Waals surface area contributed by atoms with E-state index in [0.717, 1.165) is 12.1 Å². The van der Waals surface area contributed by atoms with Crippen molar-refractivity contribution in [3.8, 4) is 10.6 Å². The van der Waals surface area contributed by atoms with Gasteiger partial charge in [0.15, 0.2) is 6.54 Å². The zero-order valence-electron chi connectivity index (χ0n) is 9.96. The van der Waals surface area contributed by atoms with E-state index in [1.807, 2.05) is 34.9 Å². The third-order valence-electron chi connectivity index (χ3n) is 3.65. The fourth-order valence-corrected chi connectivity index (χ4v) is 5.45. The van der Waals surface area contributed by atoms with E-state index in [0.29, 0.717) is 0 Å². The molecule has 3 aromatic heterocycles. The van der Waals surface area contributed by atoms with Gasteiger partial charge >= 0.3 is 0 Å². The van der Waals surface area contributed by atoms with Gasteiger partial charge in [-0.05, 0) is 18.2 Å². The molecule has 0 amide bonds. The van der Waals surface area contributed by atoms with Crippen molar-refractivity contribution in [1.82, 2.24) is 4.98 Å². The monoisotopic (exact) mass is 281 g/mol. The van der Waals surface area contributed by atoms with Gasteiger partial charge in [-0.2, -0.15) is 4.57 Å². The first-order valence-corrected chi connectivity index (χ1v) is 7.83. The van der Waals surface area contributed by atoms with Crippen LogP contribution in [0.25, 0.3) is 30.3 Å². The number of aromatic nitrogens is 2. The van der Waals surface area contributed by atoms with Gasteiger partial charge in [-0.1, -0.05) is 40.9 Å². The van der Waals surface area contributed by atoms with Crippen molar-refractivity contribution in [3.05, 3.63) is 48.2 Å². The Morgan fingerprint density at radius 3 is 3.00 bits per heavy atom. The zero-order valence-corrected chi connectivity index (χ0v) is 11.6. The molecule has 1 aromatic carbocycles. The zero-order chi connectivity index (χ0) is 12.4. The highest BCUT2D eigenvalue weighted by molar-refractivity contribution is 7.32. The molecule has 1 aliphatic rings. The van der Waals surface area contributed by atoms with Crippen LogP contribution in [0, 0.1) is 0 Å². The predicted octanol–water partition coefficient (Wildman–Crippen LogP) is 3.83. The highest BCUT2D eigenvalue weighted by Crippen LogP contribution is 2.41. The summed E-state index contributed by atoms with van der Waals surface area (Å²) in [4.78, 5) is 5.91. The van der Waals surface area contributed by atoms with Gasteiger partial charge < -0.3 is 0 Å². The van der Waals surface area contributed by atoms with Gasteiger partial charge in [0.05, 0.1) is 10.3 Å². The lowest BCUT2D eigenvalue weighted by Gasteiger charge is -1.89. The van der Waals surface area contributed by atoms with E-state index in [9.17, 15) is 0 Å². The van der Waals surface area contributed by atoms with Crippen LogP contribution >= 0.6 is 22.7 Å². The average Bonchev–Trinajstić information content (AvgIpc) is 3.07. The first-order chi connectivity index (χ1) is 9.42. The highest BCUT2D eigenvalue weighted by Gasteiger charge is 2.33. The second-order valence-corrected chi connectivity index (χ2v) is 6.77. The minimum Gasteiger partial charge on any atom is -0.254 e. The summed E-state index contributed by atoms with van der Waals surface area (Å²) in [6, 6.07) is 12.9. The standard InChI is InChI=1S/C15H9N2S2/c1-2-5-10-9(4-1)8-17-14(10)19-13-12-11(18-15(13)17)6-3-7-16-12/h1-7H,8H2/q+1. The van der Waals surface area contributed by atoms with Crippen molar-refractivity contribution in [2.24, 2.45) is 0 Å². The SMILES string of the molecule is c1ccc2c(c1)C[n+]1c-2sc2c3ncccc3sc21. The van der Waals surface area contributed by atoms with Gasteiger partial charge in [-0.3, -0.25) is 4.98 Å². The molecule has 0 N–H and O–H groups in total. The summed E-state index contributed by atoms with van der Waals surface area (Å²) >= 11 is 3.73. The molecule has 4 heterocycles. The first-order valence-electron chi connectivity index (χ1n) is 6.20. The Morgan fingerprint density at radius 1 is 1.05 bits per heavy atom. The van der Waals surface area contributed by atoms with E-state index in [-0.39, 0.29) is 0 Å². The molecule has 0 fully saturated rings. The largest absolute Gasteiger partial charge is 0.283 e. The normalized spacial score (nSPS) is 13.1. The molecule has 0 radical (unpaired) electrons. The fourth-order valence-electron chi connectivity index (χ4n) is 2.79. The second-order valence-electron chi connectivity index (χ2n) is 4.74. The smallest absolute Gasteiger partial charge is 0.254 e. The number of nitrogens with zero attached hydrogens (tertiary/aromatic N) is 2. The van der Waals surface area contributed by atoms with Crippen LogP contribution in [0.15, 0.2) is 42.6 Å². The number of thiazole rings is 1. The summed E-state index contributed by atoms with van der Waals surface area (Å²) in [6.45, 7) is 0.998. The molecule has 2 nitrogen and oxygen atoms in total. The van der Waals surface area contributed by atoms with Crippen LogP contribution in [0.5, 0.6) is 0 Å². The number of thiophene rings is 1. The number of hydrogen-bond acceptors (Lipinski definition) is 3. The summed E-state index contributed by atoms with van der Waals surface area (Å²) in [7, 11) is 0. The minimum absolute atomic E-state index is 0.998. The van der Waals surface area contributed by atoms with Crippen molar-refractivity contribution < 1.29 is 4.57 Å². The molecule has 90 valence electrons.